The fraction of sp³-hybridized carbons (Fsp3) is 0.550. The van der Waals surface area contributed by atoms with Gasteiger partial charge in [0.1, 0.15) is 11.3 Å². The van der Waals surface area contributed by atoms with Crippen molar-refractivity contribution in [2.45, 2.75) is 63.6 Å². The highest BCUT2D eigenvalue weighted by molar-refractivity contribution is 6.06. The van der Waals surface area contributed by atoms with Crippen LogP contribution in [-0.4, -0.2) is 120 Å². The second-order valence-electron chi connectivity index (χ2n) is 15.9. The van der Waals surface area contributed by atoms with Crippen molar-refractivity contribution in [2.75, 3.05) is 82.0 Å². The van der Waals surface area contributed by atoms with Crippen molar-refractivity contribution in [1.82, 2.24) is 30.0 Å². The summed E-state index contributed by atoms with van der Waals surface area (Å²) in [6.07, 6.45) is 4.09. The second-order valence-corrected chi connectivity index (χ2v) is 15.9. The number of ether oxygens (including phenoxy) is 2. The van der Waals surface area contributed by atoms with Gasteiger partial charge >= 0.3 is 6.18 Å². The number of morpholine rings is 1. The number of hydrogen-bond donors (Lipinski definition) is 1. The van der Waals surface area contributed by atoms with E-state index in [1.54, 1.807) is 6.20 Å². The van der Waals surface area contributed by atoms with Crippen LogP contribution < -0.4 is 14.5 Å². The van der Waals surface area contributed by atoms with Crippen LogP contribution in [0.5, 0.6) is 5.75 Å². The third-order valence-electron chi connectivity index (χ3n) is 12.4. The van der Waals surface area contributed by atoms with Gasteiger partial charge in [-0.15, -0.1) is 0 Å². The minimum atomic E-state index is -4.55. The normalized spacial score (nSPS) is 21.2. The Balaban J connectivity index is 1.17. The maximum Gasteiger partial charge on any atom is 0.422 e. The summed E-state index contributed by atoms with van der Waals surface area (Å²) in [6.45, 7) is 11.9. The first-order valence-electron chi connectivity index (χ1n) is 19.3. The number of piperidine rings is 2. The van der Waals surface area contributed by atoms with Crippen molar-refractivity contribution in [3.63, 3.8) is 0 Å². The van der Waals surface area contributed by atoms with Gasteiger partial charge in [-0.05, 0) is 86.3 Å². The summed E-state index contributed by atoms with van der Waals surface area (Å²) in [6, 6.07) is 6.51. The molecule has 1 spiro atoms. The summed E-state index contributed by atoms with van der Waals surface area (Å²) in [5.74, 6) is 1.55. The molecule has 2 aromatic carbocycles. The van der Waals surface area contributed by atoms with E-state index in [1.807, 2.05) is 24.0 Å². The number of hydrogen-bond acceptors (Lipinski definition) is 9. The lowest BCUT2D eigenvalue weighted by molar-refractivity contribution is -0.153. The van der Waals surface area contributed by atoms with Crippen LogP contribution in [0.15, 0.2) is 37.1 Å². The Morgan fingerprint density at radius 1 is 1.00 bits per heavy atom. The van der Waals surface area contributed by atoms with Crippen molar-refractivity contribution in [2.24, 2.45) is 5.41 Å². The number of alkyl halides is 3. The number of aromatic nitrogens is 4. The summed E-state index contributed by atoms with van der Waals surface area (Å²) in [5, 5.41) is 8.90. The number of nitrogens with zero attached hydrogens (tertiary/aromatic N) is 7. The van der Waals surface area contributed by atoms with E-state index in [2.05, 4.69) is 37.5 Å². The molecule has 5 fully saturated rings. The molecule has 2 aromatic heterocycles. The zero-order chi connectivity index (χ0) is 37.2. The first-order chi connectivity index (χ1) is 26.1. The number of anilines is 2. The zero-order valence-electron chi connectivity index (χ0n) is 30.8. The molecule has 4 aromatic rings. The maximum absolute atomic E-state index is 14.1. The average molecular weight is 745 g/mol. The maximum atomic E-state index is 14.1. The van der Waals surface area contributed by atoms with E-state index in [4.69, 9.17) is 19.4 Å². The Morgan fingerprint density at radius 2 is 1.74 bits per heavy atom. The number of likely N-dealkylation sites (tertiary alicyclic amines) is 1. The lowest BCUT2D eigenvalue weighted by Crippen LogP contribution is -2.61. The summed E-state index contributed by atoms with van der Waals surface area (Å²) in [5.41, 5.74) is 4.63. The number of aromatic amines is 1. The van der Waals surface area contributed by atoms with E-state index >= 15 is 0 Å². The molecule has 9 rings (SSSR count). The SMILES string of the molecule is C=CC(=O)N1CC2(CCN(c3nc(N4CCC(N5CCOCC5)CC4)nc4c(OCC(F)(F)F)c(-c5c(C)ccc6[nH]ncc56)c(C5CC5)cc34)CC2)C1. The van der Waals surface area contributed by atoms with Crippen LogP contribution in [0.1, 0.15) is 55.6 Å². The van der Waals surface area contributed by atoms with Crippen molar-refractivity contribution in [3.8, 4) is 16.9 Å². The first kappa shape index (κ1) is 35.3. The van der Waals surface area contributed by atoms with Gasteiger partial charge in [-0.2, -0.15) is 23.3 Å². The van der Waals surface area contributed by atoms with Crippen LogP contribution in [0.4, 0.5) is 24.9 Å². The lowest BCUT2D eigenvalue weighted by Gasteiger charge is -2.54. The molecule has 286 valence electrons. The quantitative estimate of drug-likeness (QED) is 0.211. The number of rotatable bonds is 8. The molecule has 0 atom stereocenters. The number of benzene rings is 2. The predicted molar refractivity (Wildman–Crippen MR) is 201 cm³/mol. The number of carbonyl (C=O) groups excluding carboxylic acids is 1. The number of fused-ring (bicyclic) bond motifs is 2. The van der Waals surface area contributed by atoms with Crippen LogP contribution in [0.2, 0.25) is 0 Å². The standard InChI is InChI=1S/C40H47F3N8O3/c1-3-32(52)51-22-39(23-51)10-14-49(15-11-39)37-29-20-28(26-5-6-26)34(33-25(2)4-7-31-30(33)21-44-47-31)36(54-24-40(41,42)43)35(29)45-38(46-37)50-12-8-27(9-13-50)48-16-18-53-19-17-48/h3-4,7,20-21,26-27H,1,5-6,8-19,22-24H2,2H3,(H,44,47). The average Bonchev–Trinajstić information content (AvgIpc) is 3.91. The number of carbonyl (C=O) groups is 1. The summed E-state index contributed by atoms with van der Waals surface area (Å²) >= 11 is 0. The van der Waals surface area contributed by atoms with E-state index in [9.17, 15) is 18.0 Å². The summed E-state index contributed by atoms with van der Waals surface area (Å²) < 4.78 is 54.0. The highest BCUT2D eigenvalue weighted by Gasteiger charge is 2.47. The smallest absolute Gasteiger partial charge is 0.422 e. The number of halogens is 3. The van der Waals surface area contributed by atoms with Gasteiger partial charge in [0.15, 0.2) is 12.4 Å². The Morgan fingerprint density at radius 3 is 2.43 bits per heavy atom. The highest BCUT2D eigenvalue weighted by Crippen LogP contribution is 2.53. The molecule has 4 aliphatic heterocycles. The first-order valence-corrected chi connectivity index (χ1v) is 19.3. The van der Waals surface area contributed by atoms with E-state index < -0.39 is 12.8 Å². The lowest BCUT2D eigenvalue weighted by atomic mass is 9.72. The third-order valence-corrected chi connectivity index (χ3v) is 12.4. The van der Waals surface area contributed by atoms with Crippen molar-refractivity contribution < 1.29 is 27.4 Å². The molecule has 0 bridgehead atoms. The Hall–Kier alpha value is -4.43. The molecule has 5 aliphatic rings. The molecule has 11 nitrogen and oxygen atoms in total. The Labute approximate surface area is 312 Å². The fourth-order valence-electron chi connectivity index (χ4n) is 9.27. The largest absolute Gasteiger partial charge is 0.481 e. The second kappa shape index (κ2) is 13.7. The molecular weight excluding hydrogens is 697 g/mol. The zero-order valence-corrected chi connectivity index (χ0v) is 30.8. The third kappa shape index (κ3) is 6.54. The molecule has 1 N–H and O–H groups in total. The van der Waals surface area contributed by atoms with Crippen LogP contribution in [0, 0.1) is 12.3 Å². The van der Waals surface area contributed by atoms with Crippen LogP contribution in [0.3, 0.4) is 0 Å². The van der Waals surface area contributed by atoms with Gasteiger partial charge < -0.3 is 24.2 Å². The molecule has 1 amide bonds. The minimum Gasteiger partial charge on any atom is -0.481 e. The van der Waals surface area contributed by atoms with E-state index in [1.165, 1.54) is 6.08 Å². The van der Waals surface area contributed by atoms with Gasteiger partial charge in [-0.25, -0.2) is 4.98 Å². The van der Waals surface area contributed by atoms with Crippen molar-refractivity contribution in [1.29, 1.82) is 0 Å². The number of amides is 1. The molecule has 1 saturated carbocycles. The van der Waals surface area contributed by atoms with E-state index in [0.29, 0.717) is 49.2 Å². The molecule has 1 aliphatic carbocycles. The molecule has 0 unspecified atom stereocenters. The van der Waals surface area contributed by atoms with Crippen molar-refractivity contribution >= 4 is 39.5 Å². The van der Waals surface area contributed by atoms with Crippen LogP contribution in [-0.2, 0) is 9.53 Å². The Kier molecular flexibility index (Phi) is 8.95. The van der Waals surface area contributed by atoms with Gasteiger partial charge in [0.2, 0.25) is 11.9 Å². The predicted octanol–water partition coefficient (Wildman–Crippen LogP) is 6.22. The Bertz CT molecular complexity index is 2070. The highest BCUT2D eigenvalue weighted by atomic mass is 19.4. The van der Waals surface area contributed by atoms with E-state index in [-0.39, 0.29) is 23.0 Å². The van der Waals surface area contributed by atoms with Crippen LogP contribution in [0.25, 0.3) is 32.9 Å². The van der Waals surface area contributed by atoms with Gasteiger partial charge in [0.25, 0.3) is 0 Å². The number of H-pyrrole nitrogens is 1. The van der Waals surface area contributed by atoms with Crippen molar-refractivity contribution in [3.05, 3.63) is 48.2 Å². The van der Waals surface area contributed by atoms with Gasteiger partial charge in [0.05, 0.1) is 24.9 Å². The summed E-state index contributed by atoms with van der Waals surface area (Å²) in [7, 11) is 0. The molecule has 0 radical (unpaired) electrons. The molecule has 54 heavy (non-hydrogen) atoms. The molecular formula is C40H47F3N8O3. The van der Waals surface area contributed by atoms with Gasteiger partial charge in [-0.1, -0.05) is 12.6 Å². The fourth-order valence-corrected chi connectivity index (χ4v) is 9.27. The summed E-state index contributed by atoms with van der Waals surface area (Å²) in [4.78, 5) is 31.6. The number of nitrogens with one attached hydrogen (secondary N) is 1. The van der Waals surface area contributed by atoms with Crippen LogP contribution >= 0.6 is 0 Å². The topological polar surface area (TPSA) is 103 Å². The molecule has 6 heterocycles. The minimum absolute atomic E-state index is 0.0389. The molecule has 4 saturated heterocycles. The van der Waals surface area contributed by atoms with Gasteiger partial charge in [0, 0.05) is 80.2 Å². The van der Waals surface area contributed by atoms with E-state index in [0.717, 1.165) is 117 Å². The van der Waals surface area contributed by atoms with Gasteiger partial charge in [-0.3, -0.25) is 14.8 Å². The monoisotopic (exact) mass is 744 g/mol. The number of aryl methyl sites for hydroxylation is 1. The molecule has 14 heteroatoms.